The molecule has 3 rings (SSSR count). The Morgan fingerprint density at radius 3 is 2.00 bits per heavy atom. The van der Waals surface area contributed by atoms with Gasteiger partial charge in [0.25, 0.3) is 0 Å². The Kier molecular flexibility index (Phi) is 7.15. The SMILES string of the molecule is C=CC(C)N(C)c1cc(CC)c(-c2ccc(-c3ccc(CCC)cc3)cc2)cc1C. The van der Waals surface area contributed by atoms with Gasteiger partial charge >= 0.3 is 0 Å². The van der Waals surface area contributed by atoms with Crippen LogP contribution in [0.5, 0.6) is 0 Å². The molecule has 3 aromatic rings. The number of hydrogen-bond donors (Lipinski definition) is 0. The van der Waals surface area contributed by atoms with Crippen molar-refractivity contribution < 1.29 is 0 Å². The van der Waals surface area contributed by atoms with Crippen LogP contribution in [0.4, 0.5) is 5.69 Å². The highest BCUT2D eigenvalue weighted by Crippen LogP contribution is 2.33. The van der Waals surface area contributed by atoms with Crippen LogP contribution in [0.3, 0.4) is 0 Å². The minimum absolute atomic E-state index is 0.308. The van der Waals surface area contributed by atoms with E-state index in [1.807, 2.05) is 6.08 Å². The van der Waals surface area contributed by atoms with Crippen LogP contribution in [0.2, 0.25) is 0 Å². The van der Waals surface area contributed by atoms with Gasteiger partial charge in [-0.1, -0.05) is 74.9 Å². The van der Waals surface area contributed by atoms with E-state index in [9.17, 15) is 0 Å². The summed E-state index contributed by atoms with van der Waals surface area (Å²) in [5, 5.41) is 0. The van der Waals surface area contributed by atoms with Crippen LogP contribution in [-0.2, 0) is 12.8 Å². The highest BCUT2D eigenvalue weighted by atomic mass is 15.1. The minimum atomic E-state index is 0.308. The predicted molar refractivity (Wildman–Crippen MR) is 133 cm³/mol. The molecule has 0 aromatic heterocycles. The smallest absolute Gasteiger partial charge is 0.0439 e. The van der Waals surface area contributed by atoms with Crippen molar-refractivity contribution in [1.29, 1.82) is 0 Å². The van der Waals surface area contributed by atoms with Crippen molar-refractivity contribution >= 4 is 5.69 Å². The predicted octanol–water partition coefficient (Wildman–Crippen LogP) is 7.85. The third-order valence-electron chi connectivity index (χ3n) is 6.16. The Labute approximate surface area is 183 Å². The van der Waals surface area contributed by atoms with Crippen molar-refractivity contribution in [2.24, 2.45) is 0 Å². The zero-order valence-corrected chi connectivity index (χ0v) is 19.2. The van der Waals surface area contributed by atoms with Crippen molar-refractivity contribution in [2.75, 3.05) is 11.9 Å². The van der Waals surface area contributed by atoms with Crippen molar-refractivity contribution in [1.82, 2.24) is 0 Å². The van der Waals surface area contributed by atoms with Gasteiger partial charge in [-0.25, -0.2) is 0 Å². The Hall–Kier alpha value is -2.80. The molecule has 0 heterocycles. The molecule has 0 aliphatic carbocycles. The second-order valence-corrected chi connectivity index (χ2v) is 8.26. The quantitative estimate of drug-likeness (QED) is 0.350. The zero-order valence-electron chi connectivity index (χ0n) is 19.2. The molecular formula is C29H35N. The molecule has 0 amide bonds. The fourth-order valence-electron chi connectivity index (χ4n) is 4.05. The number of anilines is 1. The molecule has 30 heavy (non-hydrogen) atoms. The van der Waals surface area contributed by atoms with Gasteiger partial charge in [-0.2, -0.15) is 0 Å². The number of rotatable bonds is 8. The van der Waals surface area contributed by atoms with E-state index in [1.165, 1.54) is 51.1 Å². The van der Waals surface area contributed by atoms with Crippen LogP contribution in [0.25, 0.3) is 22.3 Å². The van der Waals surface area contributed by atoms with Crippen LogP contribution in [0.15, 0.2) is 73.3 Å². The molecule has 0 fully saturated rings. The monoisotopic (exact) mass is 397 g/mol. The molecule has 0 radical (unpaired) electrons. The lowest BCUT2D eigenvalue weighted by Gasteiger charge is -2.27. The first kappa shape index (κ1) is 21.9. The van der Waals surface area contributed by atoms with Gasteiger partial charge in [0, 0.05) is 18.8 Å². The molecule has 0 saturated carbocycles. The van der Waals surface area contributed by atoms with E-state index < -0.39 is 0 Å². The first-order valence-corrected chi connectivity index (χ1v) is 11.2. The van der Waals surface area contributed by atoms with Crippen molar-refractivity contribution in [3.63, 3.8) is 0 Å². The second-order valence-electron chi connectivity index (χ2n) is 8.26. The largest absolute Gasteiger partial charge is 0.368 e. The van der Waals surface area contributed by atoms with E-state index >= 15 is 0 Å². The van der Waals surface area contributed by atoms with Crippen LogP contribution >= 0.6 is 0 Å². The summed E-state index contributed by atoms with van der Waals surface area (Å²) in [6.07, 6.45) is 5.34. The van der Waals surface area contributed by atoms with Crippen molar-refractivity contribution in [3.8, 4) is 22.3 Å². The maximum absolute atomic E-state index is 3.95. The first-order valence-electron chi connectivity index (χ1n) is 11.2. The van der Waals surface area contributed by atoms with E-state index in [2.05, 4.69) is 107 Å². The summed E-state index contributed by atoms with van der Waals surface area (Å²) in [5.41, 5.74) is 10.6. The van der Waals surface area contributed by atoms with Gasteiger partial charge in [0.05, 0.1) is 0 Å². The third kappa shape index (κ3) is 4.67. The highest BCUT2D eigenvalue weighted by molar-refractivity contribution is 5.75. The molecule has 156 valence electrons. The number of hydrogen-bond acceptors (Lipinski definition) is 1. The van der Waals surface area contributed by atoms with Gasteiger partial charge in [-0.05, 0) is 77.8 Å². The van der Waals surface area contributed by atoms with Crippen LogP contribution in [0.1, 0.15) is 43.9 Å². The number of likely N-dealkylation sites (N-methyl/N-ethyl adjacent to an activating group) is 1. The molecular weight excluding hydrogens is 362 g/mol. The Balaban J connectivity index is 1.92. The standard InChI is InChI=1S/C29H35N/c1-7-10-23-11-13-25(14-12-23)26-15-17-27(18-16-26)28-19-21(4)29(20-24(28)9-3)30(6)22(5)8-2/h8,11-20,22H,2,7,9-10H2,1,3-6H3. The third-order valence-corrected chi connectivity index (χ3v) is 6.16. The molecule has 0 aliphatic heterocycles. The van der Waals surface area contributed by atoms with E-state index in [1.54, 1.807) is 0 Å². The van der Waals surface area contributed by atoms with Gasteiger partial charge in [0.1, 0.15) is 0 Å². The molecule has 0 saturated heterocycles. The number of aryl methyl sites for hydroxylation is 3. The van der Waals surface area contributed by atoms with Crippen LogP contribution in [-0.4, -0.2) is 13.1 Å². The fourth-order valence-corrected chi connectivity index (χ4v) is 4.05. The molecule has 0 bridgehead atoms. The topological polar surface area (TPSA) is 3.24 Å². The summed E-state index contributed by atoms with van der Waals surface area (Å²) in [6.45, 7) is 12.8. The molecule has 1 heteroatoms. The highest BCUT2D eigenvalue weighted by Gasteiger charge is 2.14. The Morgan fingerprint density at radius 1 is 0.900 bits per heavy atom. The maximum atomic E-state index is 3.95. The molecule has 1 unspecified atom stereocenters. The van der Waals surface area contributed by atoms with E-state index in [-0.39, 0.29) is 0 Å². The summed E-state index contributed by atoms with van der Waals surface area (Å²) in [6, 6.07) is 23.0. The number of nitrogens with zero attached hydrogens (tertiary/aromatic N) is 1. The summed E-state index contributed by atoms with van der Waals surface area (Å²) < 4.78 is 0. The lowest BCUT2D eigenvalue weighted by Crippen LogP contribution is -2.27. The average Bonchev–Trinajstić information content (AvgIpc) is 2.78. The summed E-state index contributed by atoms with van der Waals surface area (Å²) in [4.78, 5) is 2.30. The molecule has 0 N–H and O–H groups in total. The molecule has 0 spiro atoms. The summed E-state index contributed by atoms with van der Waals surface area (Å²) in [5.74, 6) is 0. The van der Waals surface area contributed by atoms with Crippen molar-refractivity contribution in [3.05, 3.63) is 90.0 Å². The molecule has 3 aromatic carbocycles. The van der Waals surface area contributed by atoms with Gasteiger partial charge in [0.15, 0.2) is 0 Å². The maximum Gasteiger partial charge on any atom is 0.0439 e. The van der Waals surface area contributed by atoms with E-state index in [0.717, 1.165) is 12.8 Å². The van der Waals surface area contributed by atoms with Gasteiger partial charge in [-0.15, -0.1) is 6.58 Å². The molecule has 0 aliphatic rings. The minimum Gasteiger partial charge on any atom is -0.368 e. The molecule has 1 atom stereocenters. The second kappa shape index (κ2) is 9.80. The van der Waals surface area contributed by atoms with Gasteiger partial charge in [-0.3, -0.25) is 0 Å². The normalized spacial score (nSPS) is 11.9. The van der Waals surface area contributed by atoms with Gasteiger partial charge < -0.3 is 4.90 Å². The van der Waals surface area contributed by atoms with Crippen LogP contribution in [0, 0.1) is 6.92 Å². The van der Waals surface area contributed by atoms with Gasteiger partial charge in [0.2, 0.25) is 0 Å². The summed E-state index contributed by atoms with van der Waals surface area (Å²) >= 11 is 0. The van der Waals surface area contributed by atoms with E-state index in [4.69, 9.17) is 0 Å². The Bertz CT molecular complexity index is 980. The fraction of sp³-hybridized carbons (Fsp3) is 0.310. The lowest BCUT2D eigenvalue weighted by molar-refractivity contribution is 0.820. The average molecular weight is 398 g/mol. The Morgan fingerprint density at radius 2 is 1.47 bits per heavy atom. The first-order chi connectivity index (χ1) is 14.5. The lowest BCUT2D eigenvalue weighted by atomic mass is 9.93. The number of benzene rings is 3. The van der Waals surface area contributed by atoms with Crippen molar-refractivity contribution in [2.45, 2.75) is 53.0 Å². The zero-order chi connectivity index (χ0) is 21.7. The van der Waals surface area contributed by atoms with E-state index in [0.29, 0.717) is 6.04 Å². The van der Waals surface area contributed by atoms with Crippen LogP contribution < -0.4 is 4.90 Å². The summed E-state index contributed by atoms with van der Waals surface area (Å²) in [7, 11) is 2.15. The molecule has 1 nitrogen and oxygen atoms in total.